The van der Waals surface area contributed by atoms with Gasteiger partial charge in [-0.1, -0.05) is 64.1 Å². The van der Waals surface area contributed by atoms with E-state index in [0.29, 0.717) is 5.75 Å². The Bertz CT molecular complexity index is 728. The first-order valence-corrected chi connectivity index (χ1v) is 8.52. The highest BCUT2D eigenvalue weighted by molar-refractivity contribution is 5.82. The van der Waals surface area contributed by atoms with Crippen LogP contribution in [0.15, 0.2) is 53.6 Å². The van der Waals surface area contributed by atoms with Gasteiger partial charge in [0.05, 0.1) is 6.21 Å². The largest absolute Gasteiger partial charge is 0.484 e. The summed E-state index contributed by atoms with van der Waals surface area (Å²) in [5.41, 5.74) is 5.97. The van der Waals surface area contributed by atoms with Crippen molar-refractivity contribution in [3.63, 3.8) is 0 Å². The molecule has 0 aliphatic carbocycles. The van der Waals surface area contributed by atoms with Gasteiger partial charge in [0.1, 0.15) is 5.75 Å². The minimum Gasteiger partial charge on any atom is -0.484 e. The molecule has 2 rings (SSSR count). The van der Waals surface area contributed by atoms with Crippen LogP contribution in [0.25, 0.3) is 0 Å². The van der Waals surface area contributed by atoms with Crippen molar-refractivity contribution < 1.29 is 9.53 Å². The summed E-state index contributed by atoms with van der Waals surface area (Å²) >= 11 is 0. The minimum absolute atomic E-state index is 0.0620. The maximum Gasteiger partial charge on any atom is 0.277 e. The molecule has 1 amide bonds. The van der Waals surface area contributed by atoms with Crippen LogP contribution in [-0.2, 0) is 16.6 Å². The molecule has 0 unspecified atom stereocenters. The molecule has 1 N–H and O–H groups in total. The second-order valence-electron chi connectivity index (χ2n) is 6.95. The third-order valence-corrected chi connectivity index (χ3v) is 3.86. The third-order valence-electron chi connectivity index (χ3n) is 3.86. The van der Waals surface area contributed by atoms with E-state index in [4.69, 9.17) is 4.74 Å². The zero-order valence-corrected chi connectivity index (χ0v) is 15.4. The van der Waals surface area contributed by atoms with Gasteiger partial charge in [0.25, 0.3) is 5.91 Å². The number of hydrogen-bond donors (Lipinski definition) is 1. The molecule has 0 atom stereocenters. The molecule has 0 fully saturated rings. The molecule has 4 nitrogen and oxygen atoms in total. The zero-order valence-electron chi connectivity index (χ0n) is 15.4. The standard InChI is InChI=1S/C21H26N2O2/c1-5-16-7-6-8-19(13-16)25-15-20(24)23-22-14-17-9-11-18(12-10-17)21(2,3)4/h6-14H,5,15H2,1-4H3,(H,23,24)/b22-14+. The Balaban J connectivity index is 1.82. The number of ether oxygens (including phenoxy) is 1. The summed E-state index contributed by atoms with van der Waals surface area (Å²) in [6, 6.07) is 15.9. The Morgan fingerprint density at radius 1 is 1.16 bits per heavy atom. The fraction of sp³-hybridized carbons (Fsp3) is 0.333. The summed E-state index contributed by atoms with van der Waals surface area (Å²) in [7, 11) is 0. The Morgan fingerprint density at radius 3 is 2.52 bits per heavy atom. The van der Waals surface area contributed by atoms with Gasteiger partial charge in [-0.3, -0.25) is 4.79 Å². The summed E-state index contributed by atoms with van der Waals surface area (Å²) in [6.45, 7) is 8.54. The van der Waals surface area contributed by atoms with Crippen LogP contribution < -0.4 is 10.2 Å². The number of carbonyl (C=O) groups is 1. The summed E-state index contributed by atoms with van der Waals surface area (Å²) in [4.78, 5) is 11.8. The highest BCUT2D eigenvalue weighted by Gasteiger charge is 2.12. The van der Waals surface area contributed by atoms with Crippen LogP contribution in [0.1, 0.15) is 44.4 Å². The van der Waals surface area contributed by atoms with Gasteiger partial charge in [-0.2, -0.15) is 5.10 Å². The molecule has 0 aliphatic heterocycles. The maximum atomic E-state index is 11.8. The zero-order chi connectivity index (χ0) is 18.3. The van der Waals surface area contributed by atoms with Crippen molar-refractivity contribution in [1.82, 2.24) is 5.43 Å². The van der Waals surface area contributed by atoms with Crippen molar-refractivity contribution >= 4 is 12.1 Å². The number of rotatable bonds is 6. The van der Waals surface area contributed by atoms with Gasteiger partial charge in [0, 0.05) is 0 Å². The summed E-state index contributed by atoms with van der Waals surface area (Å²) in [5.74, 6) is 0.403. The number of nitrogens with zero attached hydrogens (tertiary/aromatic N) is 1. The van der Waals surface area contributed by atoms with Gasteiger partial charge < -0.3 is 4.74 Å². The van der Waals surface area contributed by atoms with Crippen LogP contribution in [0.3, 0.4) is 0 Å². The minimum atomic E-state index is -0.288. The first kappa shape index (κ1) is 18.7. The Morgan fingerprint density at radius 2 is 1.88 bits per heavy atom. The molecule has 0 radical (unpaired) electrons. The highest BCUT2D eigenvalue weighted by atomic mass is 16.5. The smallest absolute Gasteiger partial charge is 0.277 e. The van der Waals surface area contributed by atoms with Gasteiger partial charge in [-0.05, 0) is 40.7 Å². The molecule has 0 saturated heterocycles. The van der Waals surface area contributed by atoms with Crippen LogP contribution in [-0.4, -0.2) is 18.7 Å². The SMILES string of the molecule is CCc1cccc(OCC(=O)N/N=C/c2ccc(C(C)(C)C)cc2)c1. The average molecular weight is 338 g/mol. The molecule has 25 heavy (non-hydrogen) atoms. The molecule has 0 aromatic heterocycles. The number of hydrazone groups is 1. The number of nitrogens with one attached hydrogen (secondary N) is 1. The molecule has 0 heterocycles. The van der Waals surface area contributed by atoms with Crippen molar-refractivity contribution in [2.24, 2.45) is 5.10 Å². The van der Waals surface area contributed by atoms with E-state index < -0.39 is 0 Å². The second-order valence-corrected chi connectivity index (χ2v) is 6.95. The van der Waals surface area contributed by atoms with Gasteiger partial charge in [0.2, 0.25) is 0 Å². The van der Waals surface area contributed by atoms with Gasteiger partial charge in [-0.15, -0.1) is 0 Å². The Labute approximate surface area is 149 Å². The second kappa shape index (κ2) is 8.47. The van der Waals surface area contributed by atoms with E-state index in [-0.39, 0.29) is 17.9 Å². The number of amides is 1. The third kappa shape index (κ3) is 6.07. The van der Waals surface area contributed by atoms with E-state index in [1.807, 2.05) is 36.4 Å². The van der Waals surface area contributed by atoms with Crippen LogP contribution in [0, 0.1) is 0 Å². The van der Waals surface area contributed by atoms with Crippen LogP contribution in [0.2, 0.25) is 0 Å². The quantitative estimate of drug-likeness (QED) is 0.637. The van der Waals surface area contributed by atoms with Crippen LogP contribution >= 0.6 is 0 Å². The molecule has 0 saturated carbocycles. The molecule has 2 aromatic rings. The number of aryl methyl sites for hydroxylation is 1. The van der Waals surface area contributed by atoms with E-state index in [9.17, 15) is 4.79 Å². The van der Waals surface area contributed by atoms with E-state index in [0.717, 1.165) is 12.0 Å². The first-order valence-electron chi connectivity index (χ1n) is 8.52. The monoisotopic (exact) mass is 338 g/mol. The van der Waals surface area contributed by atoms with E-state index in [1.54, 1.807) is 6.21 Å². The molecular formula is C21H26N2O2. The molecule has 132 valence electrons. The lowest BCUT2D eigenvalue weighted by Crippen LogP contribution is -2.24. The lowest BCUT2D eigenvalue weighted by molar-refractivity contribution is -0.123. The van der Waals surface area contributed by atoms with Crippen LogP contribution in [0.4, 0.5) is 0 Å². The normalized spacial score (nSPS) is 11.5. The van der Waals surface area contributed by atoms with E-state index in [1.165, 1.54) is 11.1 Å². The van der Waals surface area contributed by atoms with Gasteiger partial charge in [0.15, 0.2) is 6.61 Å². The summed E-state index contributed by atoms with van der Waals surface area (Å²) in [6.07, 6.45) is 2.56. The predicted octanol–water partition coefficient (Wildman–Crippen LogP) is 4.08. The van der Waals surface area contributed by atoms with Crippen molar-refractivity contribution in [1.29, 1.82) is 0 Å². The lowest BCUT2D eigenvalue weighted by Gasteiger charge is -2.18. The highest BCUT2D eigenvalue weighted by Crippen LogP contribution is 2.21. The molecule has 0 aliphatic rings. The summed E-state index contributed by atoms with van der Waals surface area (Å²) < 4.78 is 5.48. The maximum absolute atomic E-state index is 11.8. The van der Waals surface area contributed by atoms with E-state index in [2.05, 4.69) is 50.4 Å². The molecule has 0 spiro atoms. The number of carbonyl (C=O) groups excluding carboxylic acids is 1. The number of hydrogen-bond acceptors (Lipinski definition) is 3. The molecule has 0 bridgehead atoms. The van der Waals surface area contributed by atoms with Crippen molar-refractivity contribution in [2.45, 2.75) is 39.5 Å². The number of benzene rings is 2. The van der Waals surface area contributed by atoms with E-state index >= 15 is 0 Å². The molecule has 4 heteroatoms. The molecule has 2 aromatic carbocycles. The Hall–Kier alpha value is -2.62. The average Bonchev–Trinajstić information content (AvgIpc) is 2.60. The van der Waals surface area contributed by atoms with Crippen molar-refractivity contribution in [3.05, 3.63) is 65.2 Å². The predicted molar refractivity (Wildman–Crippen MR) is 102 cm³/mol. The Kier molecular flexibility index (Phi) is 6.34. The fourth-order valence-corrected chi connectivity index (χ4v) is 2.28. The van der Waals surface area contributed by atoms with Crippen molar-refractivity contribution in [3.8, 4) is 5.75 Å². The fourth-order valence-electron chi connectivity index (χ4n) is 2.28. The molecular weight excluding hydrogens is 312 g/mol. The van der Waals surface area contributed by atoms with Crippen molar-refractivity contribution in [2.75, 3.05) is 6.61 Å². The summed E-state index contributed by atoms with van der Waals surface area (Å²) in [5, 5.41) is 3.97. The topological polar surface area (TPSA) is 50.7 Å². The van der Waals surface area contributed by atoms with Gasteiger partial charge >= 0.3 is 0 Å². The van der Waals surface area contributed by atoms with Gasteiger partial charge in [-0.25, -0.2) is 5.43 Å². The lowest BCUT2D eigenvalue weighted by atomic mass is 9.87. The first-order chi connectivity index (χ1) is 11.9. The van der Waals surface area contributed by atoms with Crippen LogP contribution in [0.5, 0.6) is 5.75 Å².